The number of ether oxygens (including phenoxy) is 1. The summed E-state index contributed by atoms with van der Waals surface area (Å²) in [6, 6.07) is 0.161. The maximum Gasteiger partial charge on any atom is 0.290 e. The van der Waals surface area contributed by atoms with E-state index in [2.05, 4.69) is 16.7 Å². The molecule has 1 aromatic heterocycles. The molecule has 1 amide bonds. The zero-order valence-corrected chi connectivity index (χ0v) is 13.4. The molecular weight excluding hydrogens is 288 g/mol. The van der Waals surface area contributed by atoms with E-state index in [0.29, 0.717) is 11.0 Å². The summed E-state index contributed by atoms with van der Waals surface area (Å²) < 4.78 is 11.0. The quantitative estimate of drug-likeness (QED) is 0.903. The number of thioether (sulfide) groups is 1. The van der Waals surface area contributed by atoms with Crippen LogP contribution in [-0.4, -0.2) is 41.3 Å². The number of aryl methyl sites for hydroxylation is 1. The van der Waals surface area contributed by atoms with E-state index in [-0.39, 0.29) is 18.1 Å². The van der Waals surface area contributed by atoms with E-state index in [9.17, 15) is 4.79 Å². The molecule has 116 valence electrons. The standard InChI is InChI=1S/C15H22N2O3S/c1-3-19-12-8-11(14(12)21-2)16-15(18)13-9-6-4-5-7-10(9)17-20-13/h11-12,14H,3-8H2,1-2H3,(H,16,18)/t11-,12-,14+/m1/s1. The van der Waals surface area contributed by atoms with Crippen molar-refractivity contribution in [2.75, 3.05) is 12.9 Å². The van der Waals surface area contributed by atoms with Crippen LogP contribution in [0.3, 0.4) is 0 Å². The highest BCUT2D eigenvalue weighted by Gasteiger charge is 2.42. The summed E-state index contributed by atoms with van der Waals surface area (Å²) in [7, 11) is 0. The second-order valence-electron chi connectivity index (χ2n) is 5.65. The molecule has 1 N–H and O–H groups in total. The highest BCUT2D eigenvalue weighted by Crippen LogP contribution is 2.34. The van der Waals surface area contributed by atoms with Crippen LogP contribution in [0.2, 0.25) is 0 Å². The summed E-state index contributed by atoms with van der Waals surface area (Å²) in [6.07, 6.45) is 7.26. The molecule has 0 spiro atoms. The molecule has 2 aliphatic carbocycles. The van der Waals surface area contributed by atoms with Gasteiger partial charge in [-0.15, -0.1) is 0 Å². The van der Waals surface area contributed by atoms with Crippen LogP contribution in [0.4, 0.5) is 0 Å². The van der Waals surface area contributed by atoms with E-state index in [1.54, 1.807) is 11.8 Å². The van der Waals surface area contributed by atoms with Gasteiger partial charge in [0.05, 0.1) is 17.0 Å². The van der Waals surface area contributed by atoms with Crippen LogP contribution in [0.5, 0.6) is 0 Å². The lowest BCUT2D eigenvalue weighted by atomic mass is 9.88. The summed E-state index contributed by atoms with van der Waals surface area (Å²) in [5, 5.41) is 7.46. The van der Waals surface area contributed by atoms with Gasteiger partial charge < -0.3 is 14.6 Å². The fourth-order valence-electron chi connectivity index (χ4n) is 3.22. The Bertz CT molecular complexity index is 517. The van der Waals surface area contributed by atoms with Gasteiger partial charge in [0.1, 0.15) is 0 Å². The van der Waals surface area contributed by atoms with Crippen LogP contribution in [0.15, 0.2) is 4.52 Å². The molecule has 0 bridgehead atoms. The molecule has 0 unspecified atom stereocenters. The Morgan fingerprint density at radius 2 is 2.29 bits per heavy atom. The third-order valence-electron chi connectivity index (χ3n) is 4.38. The molecule has 3 rings (SSSR count). The summed E-state index contributed by atoms with van der Waals surface area (Å²) >= 11 is 1.75. The van der Waals surface area contributed by atoms with Crippen molar-refractivity contribution in [3.63, 3.8) is 0 Å². The Hall–Kier alpha value is -1.01. The van der Waals surface area contributed by atoms with Gasteiger partial charge >= 0.3 is 0 Å². The molecule has 5 nitrogen and oxygen atoms in total. The molecule has 1 fully saturated rings. The first-order chi connectivity index (χ1) is 10.2. The predicted octanol–water partition coefficient (Wildman–Crippen LogP) is 2.19. The van der Waals surface area contributed by atoms with Crippen molar-refractivity contribution in [1.29, 1.82) is 0 Å². The van der Waals surface area contributed by atoms with E-state index >= 15 is 0 Å². The average Bonchev–Trinajstić information content (AvgIpc) is 2.90. The van der Waals surface area contributed by atoms with Gasteiger partial charge in [-0.3, -0.25) is 4.79 Å². The van der Waals surface area contributed by atoms with Gasteiger partial charge in [-0.25, -0.2) is 0 Å². The lowest BCUT2D eigenvalue weighted by Crippen LogP contribution is -2.58. The van der Waals surface area contributed by atoms with Crippen LogP contribution in [0.1, 0.15) is 48.0 Å². The largest absolute Gasteiger partial charge is 0.377 e. The van der Waals surface area contributed by atoms with E-state index < -0.39 is 0 Å². The number of fused-ring (bicyclic) bond motifs is 1. The van der Waals surface area contributed by atoms with Crippen LogP contribution in [-0.2, 0) is 17.6 Å². The minimum Gasteiger partial charge on any atom is -0.377 e. The first-order valence-corrected chi connectivity index (χ1v) is 8.96. The maximum atomic E-state index is 12.4. The Balaban J connectivity index is 1.63. The predicted molar refractivity (Wildman–Crippen MR) is 81.7 cm³/mol. The van der Waals surface area contributed by atoms with Crippen LogP contribution in [0.25, 0.3) is 0 Å². The SMILES string of the molecule is CCO[C@@H]1C[C@@H](NC(=O)c2onc3c2CCCC3)[C@@H]1SC. The number of aromatic nitrogens is 1. The van der Waals surface area contributed by atoms with Crippen LogP contribution < -0.4 is 5.32 Å². The minimum absolute atomic E-state index is 0.121. The highest BCUT2D eigenvalue weighted by molar-refractivity contribution is 7.99. The molecule has 21 heavy (non-hydrogen) atoms. The maximum absolute atomic E-state index is 12.4. The van der Waals surface area contributed by atoms with E-state index in [0.717, 1.165) is 50.0 Å². The van der Waals surface area contributed by atoms with Crippen molar-refractivity contribution in [3.8, 4) is 0 Å². The van der Waals surface area contributed by atoms with Gasteiger partial charge in [-0.05, 0) is 45.3 Å². The zero-order chi connectivity index (χ0) is 14.8. The number of hydrogen-bond acceptors (Lipinski definition) is 5. The molecule has 3 atom stereocenters. The molecule has 0 radical (unpaired) electrons. The number of carbonyl (C=O) groups is 1. The summed E-state index contributed by atoms with van der Waals surface area (Å²) in [5.74, 6) is 0.300. The second-order valence-corrected chi connectivity index (χ2v) is 6.67. The third-order valence-corrected chi connectivity index (χ3v) is 5.56. The van der Waals surface area contributed by atoms with Crippen molar-refractivity contribution in [1.82, 2.24) is 10.5 Å². The van der Waals surface area contributed by atoms with Gasteiger partial charge in [-0.1, -0.05) is 5.16 Å². The summed E-state index contributed by atoms with van der Waals surface area (Å²) in [5.41, 5.74) is 1.98. The van der Waals surface area contributed by atoms with Gasteiger partial charge in [-0.2, -0.15) is 11.8 Å². The summed E-state index contributed by atoms with van der Waals surface area (Å²) in [6.45, 7) is 2.72. The number of nitrogens with zero attached hydrogens (tertiary/aromatic N) is 1. The normalized spacial score (nSPS) is 27.8. The molecule has 1 saturated carbocycles. The number of nitrogens with one attached hydrogen (secondary N) is 1. The molecule has 1 aromatic rings. The van der Waals surface area contributed by atoms with Crippen LogP contribution >= 0.6 is 11.8 Å². The van der Waals surface area contributed by atoms with E-state index in [1.807, 2.05) is 6.92 Å². The van der Waals surface area contributed by atoms with Crippen molar-refractivity contribution in [3.05, 3.63) is 17.0 Å². The first kappa shape index (κ1) is 14.9. The minimum atomic E-state index is -0.121. The van der Waals surface area contributed by atoms with Crippen molar-refractivity contribution in [2.24, 2.45) is 0 Å². The zero-order valence-electron chi connectivity index (χ0n) is 12.6. The van der Waals surface area contributed by atoms with E-state index in [1.165, 1.54) is 0 Å². The van der Waals surface area contributed by atoms with Gasteiger partial charge in [0.2, 0.25) is 5.76 Å². The number of hydrogen-bond donors (Lipinski definition) is 1. The molecule has 0 saturated heterocycles. The first-order valence-electron chi connectivity index (χ1n) is 7.67. The third kappa shape index (κ3) is 2.83. The van der Waals surface area contributed by atoms with Crippen molar-refractivity contribution < 1.29 is 14.1 Å². The molecule has 1 heterocycles. The van der Waals surface area contributed by atoms with Crippen LogP contribution in [0, 0.1) is 0 Å². The Morgan fingerprint density at radius 1 is 1.48 bits per heavy atom. The molecule has 2 aliphatic rings. The monoisotopic (exact) mass is 310 g/mol. The Kier molecular flexibility index (Phi) is 4.54. The Labute approximate surface area is 129 Å². The van der Waals surface area contributed by atoms with Gasteiger partial charge in [0.15, 0.2) is 0 Å². The summed E-state index contributed by atoms with van der Waals surface area (Å²) in [4.78, 5) is 12.4. The van der Waals surface area contributed by atoms with Gasteiger partial charge in [0, 0.05) is 18.2 Å². The fraction of sp³-hybridized carbons (Fsp3) is 0.733. The average molecular weight is 310 g/mol. The molecular formula is C15H22N2O3S. The fourth-order valence-corrected chi connectivity index (χ4v) is 4.22. The lowest BCUT2D eigenvalue weighted by Gasteiger charge is -2.43. The Morgan fingerprint density at radius 3 is 3.05 bits per heavy atom. The molecule has 6 heteroatoms. The highest BCUT2D eigenvalue weighted by atomic mass is 32.2. The smallest absolute Gasteiger partial charge is 0.290 e. The number of carbonyl (C=O) groups excluding carboxylic acids is 1. The van der Waals surface area contributed by atoms with E-state index in [4.69, 9.17) is 9.26 Å². The van der Waals surface area contributed by atoms with Crippen molar-refractivity contribution >= 4 is 17.7 Å². The lowest BCUT2D eigenvalue weighted by molar-refractivity contribution is -0.00227. The van der Waals surface area contributed by atoms with Gasteiger partial charge in [0.25, 0.3) is 5.91 Å². The second kappa shape index (κ2) is 6.40. The van der Waals surface area contributed by atoms with Crippen molar-refractivity contribution in [2.45, 2.75) is 56.4 Å². The molecule has 0 aromatic carbocycles. The number of amides is 1. The number of rotatable bonds is 5. The topological polar surface area (TPSA) is 64.4 Å². The molecule has 0 aliphatic heterocycles.